The summed E-state index contributed by atoms with van der Waals surface area (Å²) in [6.45, 7) is 0.241. The Morgan fingerprint density at radius 1 is 1.04 bits per heavy atom. The molecule has 0 saturated carbocycles. The molecule has 5 nitrogen and oxygen atoms in total. The van der Waals surface area contributed by atoms with Crippen molar-refractivity contribution >= 4 is 29.2 Å². The van der Waals surface area contributed by atoms with Crippen molar-refractivity contribution in [3.05, 3.63) is 58.1 Å². The number of carbonyl (C=O) groups excluding carboxylic acids is 1. The SMILES string of the molecule is O=C(ON1CC(Oc2cc(Cl)ccc2OCc2ccc(Cl)cc2)C1)C(F)(F)F. The van der Waals surface area contributed by atoms with Crippen LogP contribution in [-0.4, -0.2) is 36.4 Å². The van der Waals surface area contributed by atoms with E-state index >= 15 is 0 Å². The molecule has 1 fully saturated rings. The molecule has 0 aliphatic carbocycles. The predicted molar refractivity (Wildman–Crippen MR) is 95.4 cm³/mol. The summed E-state index contributed by atoms with van der Waals surface area (Å²) in [5, 5.41) is 1.90. The minimum absolute atomic E-state index is 0.00897. The molecule has 0 spiro atoms. The minimum Gasteiger partial charge on any atom is -0.485 e. The van der Waals surface area contributed by atoms with Gasteiger partial charge in [0.1, 0.15) is 12.7 Å². The number of ether oxygens (including phenoxy) is 2. The van der Waals surface area contributed by atoms with Crippen molar-refractivity contribution in [3.63, 3.8) is 0 Å². The maximum atomic E-state index is 12.2. The number of nitrogens with zero attached hydrogens (tertiary/aromatic N) is 1. The molecule has 28 heavy (non-hydrogen) atoms. The molecule has 3 rings (SSSR count). The highest BCUT2D eigenvalue weighted by molar-refractivity contribution is 6.31. The van der Waals surface area contributed by atoms with Crippen LogP contribution in [0.15, 0.2) is 42.5 Å². The zero-order valence-corrected chi connectivity index (χ0v) is 15.7. The molecule has 0 atom stereocenters. The van der Waals surface area contributed by atoms with Gasteiger partial charge in [-0.05, 0) is 29.8 Å². The number of hydrogen-bond acceptors (Lipinski definition) is 5. The molecule has 150 valence electrons. The van der Waals surface area contributed by atoms with E-state index in [1.165, 1.54) is 0 Å². The zero-order chi connectivity index (χ0) is 20.3. The maximum absolute atomic E-state index is 12.2. The van der Waals surface area contributed by atoms with Gasteiger partial charge in [-0.15, -0.1) is 5.06 Å². The van der Waals surface area contributed by atoms with Crippen LogP contribution in [0, 0.1) is 0 Å². The smallest absolute Gasteiger partial charge is 0.485 e. The third-order valence-electron chi connectivity index (χ3n) is 3.76. The Bertz CT molecular complexity index is 840. The largest absolute Gasteiger partial charge is 0.492 e. The summed E-state index contributed by atoms with van der Waals surface area (Å²) in [7, 11) is 0. The second-order valence-electron chi connectivity index (χ2n) is 5.97. The van der Waals surface area contributed by atoms with Crippen molar-refractivity contribution in [2.24, 2.45) is 0 Å². The number of hydroxylamine groups is 2. The number of hydrogen-bond donors (Lipinski definition) is 0. The molecule has 1 aliphatic heterocycles. The van der Waals surface area contributed by atoms with Crippen molar-refractivity contribution in [2.75, 3.05) is 13.1 Å². The molecule has 2 aromatic rings. The molecule has 1 saturated heterocycles. The zero-order valence-electron chi connectivity index (χ0n) is 14.2. The van der Waals surface area contributed by atoms with Crippen LogP contribution in [0.25, 0.3) is 0 Å². The first-order valence-electron chi connectivity index (χ1n) is 8.08. The first kappa shape index (κ1) is 20.6. The fourth-order valence-electron chi connectivity index (χ4n) is 2.33. The summed E-state index contributed by atoms with van der Waals surface area (Å²) in [5.74, 6) is -1.50. The van der Waals surface area contributed by atoms with E-state index in [4.69, 9.17) is 32.7 Å². The van der Waals surface area contributed by atoms with Gasteiger partial charge in [-0.1, -0.05) is 35.3 Å². The van der Waals surface area contributed by atoms with E-state index in [1.54, 1.807) is 30.3 Å². The van der Waals surface area contributed by atoms with Gasteiger partial charge in [-0.3, -0.25) is 0 Å². The number of carbonyl (C=O) groups is 1. The van der Waals surface area contributed by atoms with Crippen LogP contribution in [0.1, 0.15) is 5.56 Å². The van der Waals surface area contributed by atoms with Crippen LogP contribution in [0.4, 0.5) is 13.2 Å². The van der Waals surface area contributed by atoms with E-state index in [1.807, 2.05) is 12.1 Å². The highest BCUT2D eigenvalue weighted by atomic mass is 35.5. The van der Waals surface area contributed by atoms with E-state index in [0.29, 0.717) is 21.5 Å². The molecule has 1 aliphatic rings. The Morgan fingerprint density at radius 2 is 1.68 bits per heavy atom. The third-order valence-corrected chi connectivity index (χ3v) is 4.25. The third kappa shape index (κ3) is 5.43. The van der Waals surface area contributed by atoms with Crippen LogP contribution < -0.4 is 9.47 Å². The lowest BCUT2D eigenvalue weighted by molar-refractivity contribution is -0.262. The second-order valence-corrected chi connectivity index (χ2v) is 6.84. The van der Waals surface area contributed by atoms with Crippen molar-refractivity contribution in [3.8, 4) is 11.5 Å². The molecule has 0 bridgehead atoms. The molecule has 0 amide bonds. The highest BCUT2D eigenvalue weighted by Crippen LogP contribution is 2.33. The van der Waals surface area contributed by atoms with Gasteiger partial charge in [0, 0.05) is 16.1 Å². The van der Waals surface area contributed by atoms with Gasteiger partial charge in [0.05, 0.1) is 13.1 Å². The summed E-state index contributed by atoms with van der Waals surface area (Å²) in [6.07, 6.45) is -5.51. The Balaban J connectivity index is 1.56. The lowest BCUT2D eigenvalue weighted by Crippen LogP contribution is -2.55. The number of halogens is 5. The number of alkyl halides is 3. The van der Waals surface area contributed by atoms with Gasteiger partial charge in [-0.2, -0.15) is 13.2 Å². The Hall–Kier alpha value is -2.16. The Labute approximate surface area is 168 Å². The second kappa shape index (κ2) is 8.46. The highest BCUT2D eigenvalue weighted by Gasteiger charge is 2.44. The van der Waals surface area contributed by atoms with Gasteiger partial charge >= 0.3 is 12.1 Å². The first-order valence-corrected chi connectivity index (χ1v) is 8.84. The van der Waals surface area contributed by atoms with Gasteiger partial charge in [0.15, 0.2) is 11.5 Å². The Kier molecular flexibility index (Phi) is 6.22. The predicted octanol–water partition coefficient (Wildman–Crippen LogP) is 4.66. The summed E-state index contributed by atoms with van der Waals surface area (Å²) >= 11 is 11.8. The van der Waals surface area contributed by atoms with Crippen molar-refractivity contribution in [1.29, 1.82) is 0 Å². The molecule has 0 aromatic heterocycles. The van der Waals surface area contributed by atoms with E-state index < -0.39 is 18.2 Å². The van der Waals surface area contributed by atoms with Gasteiger partial charge < -0.3 is 14.3 Å². The fourth-order valence-corrected chi connectivity index (χ4v) is 2.62. The standard InChI is InChI=1S/C18H14Cl2F3NO4/c19-12-3-1-11(2-4-12)10-26-15-6-5-13(20)7-16(15)27-14-8-24(9-14)28-17(25)18(21,22)23/h1-7,14H,8-10H2. The molecule has 2 aromatic carbocycles. The van der Waals surface area contributed by atoms with Crippen LogP contribution in [-0.2, 0) is 16.2 Å². The molecular weight excluding hydrogens is 422 g/mol. The van der Waals surface area contributed by atoms with E-state index in [-0.39, 0.29) is 19.7 Å². The van der Waals surface area contributed by atoms with E-state index in [9.17, 15) is 18.0 Å². The van der Waals surface area contributed by atoms with Gasteiger partial charge in [-0.25, -0.2) is 4.79 Å². The summed E-state index contributed by atoms with van der Waals surface area (Å²) < 4.78 is 48.0. The number of benzene rings is 2. The average Bonchev–Trinajstić information content (AvgIpc) is 2.59. The summed E-state index contributed by atoms with van der Waals surface area (Å²) in [6, 6.07) is 11.9. The lowest BCUT2D eigenvalue weighted by atomic mass is 10.2. The van der Waals surface area contributed by atoms with Crippen LogP contribution in [0.3, 0.4) is 0 Å². The molecule has 0 radical (unpaired) electrons. The summed E-state index contributed by atoms with van der Waals surface area (Å²) in [5.41, 5.74) is 0.888. The molecule has 1 heterocycles. The van der Waals surface area contributed by atoms with Crippen molar-refractivity contribution < 1.29 is 32.3 Å². The maximum Gasteiger partial charge on any atom is 0.492 e. The minimum atomic E-state index is -5.04. The van der Waals surface area contributed by atoms with E-state index in [2.05, 4.69) is 4.84 Å². The van der Waals surface area contributed by atoms with Gasteiger partial charge in [0.2, 0.25) is 0 Å². The quantitative estimate of drug-likeness (QED) is 0.660. The summed E-state index contributed by atoms with van der Waals surface area (Å²) in [4.78, 5) is 15.0. The fraction of sp³-hybridized carbons (Fsp3) is 0.278. The van der Waals surface area contributed by atoms with Crippen LogP contribution >= 0.6 is 23.2 Å². The van der Waals surface area contributed by atoms with Crippen LogP contribution in [0.5, 0.6) is 11.5 Å². The van der Waals surface area contributed by atoms with Crippen molar-refractivity contribution in [2.45, 2.75) is 18.9 Å². The first-order chi connectivity index (χ1) is 13.2. The molecule has 0 N–H and O–H groups in total. The lowest BCUT2D eigenvalue weighted by Gasteiger charge is -2.37. The number of rotatable bonds is 6. The Morgan fingerprint density at radius 3 is 2.32 bits per heavy atom. The monoisotopic (exact) mass is 435 g/mol. The molecule has 10 heteroatoms. The van der Waals surface area contributed by atoms with Crippen LogP contribution in [0.2, 0.25) is 10.0 Å². The molecular formula is C18H14Cl2F3NO4. The van der Waals surface area contributed by atoms with Crippen molar-refractivity contribution in [1.82, 2.24) is 5.06 Å². The molecule has 0 unspecified atom stereocenters. The normalized spacial score (nSPS) is 15.0. The van der Waals surface area contributed by atoms with Gasteiger partial charge in [0.25, 0.3) is 0 Å². The topological polar surface area (TPSA) is 48.0 Å². The van der Waals surface area contributed by atoms with E-state index in [0.717, 1.165) is 10.6 Å². The average molecular weight is 436 g/mol.